The van der Waals surface area contributed by atoms with Gasteiger partial charge in [0.25, 0.3) is 5.56 Å². The molecule has 3 rings (SSSR count). The number of H-pyrrole nitrogens is 1. The molecule has 5 atom stereocenters. The molecule has 0 aliphatic carbocycles. The number of carbonyl (C=O) groups excluding carboxylic acids is 1. The summed E-state index contributed by atoms with van der Waals surface area (Å²) in [6.45, 7) is 5.63. The summed E-state index contributed by atoms with van der Waals surface area (Å²) in [5.41, 5.74) is -1.88. The zero-order chi connectivity index (χ0) is 22.8. The Morgan fingerprint density at radius 1 is 1.42 bits per heavy atom. The lowest BCUT2D eigenvalue weighted by Gasteiger charge is -2.26. The molecule has 174 valence electrons. The fourth-order valence-corrected chi connectivity index (χ4v) is 4.40. The summed E-state index contributed by atoms with van der Waals surface area (Å²) in [6, 6.07) is 0. The Hall–Kier alpha value is -1.66. The Morgan fingerprint density at radius 2 is 2.16 bits per heavy atom. The summed E-state index contributed by atoms with van der Waals surface area (Å²) in [4.78, 5) is 38.2. The molecule has 2 fully saturated rings. The topological polar surface area (TPSA) is 129 Å². The summed E-state index contributed by atoms with van der Waals surface area (Å²) in [7, 11) is 0. The fourth-order valence-electron chi connectivity index (χ4n) is 3.99. The molecule has 10 nitrogen and oxygen atoms in total. The van der Waals surface area contributed by atoms with Crippen molar-refractivity contribution in [3.8, 4) is 0 Å². The molecule has 2 saturated heterocycles. The van der Waals surface area contributed by atoms with Gasteiger partial charge in [-0.2, -0.15) is 0 Å². The molecular formula is C20H30N2O8S. The minimum absolute atomic E-state index is 0.0516. The van der Waals surface area contributed by atoms with Gasteiger partial charge >= 0.3 is 11.7 Å². The van der Waals surface area contributed by atoms with Gasteiger partial charge in [0.15, 0.2) is 0 Å². The number of rotatable bonds is 8. The van der Waals surface area contributed by atoms with Gasteiger partial charge in [-0.25, -0.2) is 4.79 Å². The number of nitrogens with one attached hydrogen (secondary N) is 1. The largest absolute Gasteiger partial charge is 0.463 e. The highest BCUT2D eigenvalue weighted by molar-refractivity contribution is 7.98. The number of hydrogen-bond acceptors (Lipinski definition) is 9. The zero-order valence-corrected chi connectivity index (χ0v) is 19.0. The number of aryl methyl sites for hydroxylation is 1. The van der Waals surface area contributed by atoms with Crippen LogP contribution in [-0.4, -0.2) is 69.4 Å². The predicted octanol–water partition coefficient (Wildman–Crippen LogP) is 0.702. The van der Waals surface area contributed by atoms with Crippen molar-refractivity contribution in [2.75, 3.05) is 25.4 Å². The fraction of sp³-hybridized carbons (Fsp3) is 0.750. The van der Waals surface area contributed by atoms with E-state index in [2.05, 4.69) is 4.98 Å². The Bertz CT molecular complexity index is 917. The van der Waals surface area contributed by atoms with Crippen molar-refractivity contribution in [1.82, 2.24) is 9.55 Å². The number of ether oxygens (including phenoxy) is 4. The smallest absolute Gasteiger partial charge is 0.330 e. The quantitative estimate of drug-likeness (QED) is 0.427. The van der Waals surface area contributed by atoms with Crippen LogP contribution in [0.3, 0.4) is 0 Å². The molecule has 0 saturated carbocycles. The first kappa shape index (κ1) is 24.0. The number of aliphatic hydroxyl groups excluding tert-OH is 1. The zero-order valence-electron chi connectivity index (χ0n) is 18.2. The lowest BCUT2D eigenvalue weighted by atomic mass is 9.91. The minimum atomic E-state index is -0.918. The summed E-state index contributed by atoms with van der Waals surface area (Å²) >= 11 is 1.58. The molecule has 0 unspecified atom stereocenters. The molecule has 0 aromatic carbocycles. The van der Waals surface area contributed by atoms with Crippen molar-refractivity contribution < 1.29 is 28.8 Å². The number of carbonyl (C=O) groups is 1. The molecule has 2 aliphatic rings. The molecule has 11 heteroatoms. The van der Waals surface area contributed by atoms with Gasteiger partial charge in [-0.3, -0.25) is 19.1 Å². The molecule has 31 heavy (non-hydrogen) atoms. The molecule has 1 aromatic heterocycles. The summed E-state index contributed by atoms with van der Waals surface area (Å²) < 4.78 is 24.0. The van der Waals surface area contributed by atoms with E-state index < -0.39 is 46.9 Å². The van der Waals surface area contributed by atoms with Gasteiger partial charge in [0, 0.05) is 24.6 Å². The van der Waals surface area contributed by atoms with E-state index >= 15 is 0 Å². The first-order valence-corrected chi connectivity index (χ1v) is 11.5. The van der Waals surface area contributed by atoms with E-state index in [1.807, 2.05) is 20.1 Å². The van der Waals surface area contributed by atoms with Gasteiger partial charge in [0.1, 0.15) is 18.9 Å². The van der Waals surface area contributed by atoms with Crippen molar-refractivity contribution in [3.05, 3.63) is 32.6 Å². The van der Waals surface area contributed by atoms with Gasteiger partial charge in [0.2, 0.25) is 0 Å². The van der Waals surface area contributed by atoms with Gasteiger partial charge in [-0.15, -0.1) is 11.8 Å². The average molecular weight is 459 g/mol. The second-order valence-corrected chi connectivity index (χ2v) is 9.50. The Balaban J connectivity index is 1.52. The lowest BCUT2D eigenvalue weighted by molar-refractivity contribution is -0.155. The number of thioether (sulfide) groups is 1. The van der Waals surface area contributed by atoms with Crippen LogP contribution >= 0.6 is 11.8 Å². The van der Waals surface area contributed by atoms with E-state index in [0.717, 1.165) is 0 Å². The third-order valence-electron chi connectivity index (χ3n) is 5.59. The number of aliphatic hydroxyl groups is 1. The predicted molar refractivity (Wildman–Crippen MR) is 113 cm³/mol. The maximum absolute atomic E-state index is 12.4. The van der Waals surface area contributed by atoms with Crippen molar-refractivity contribution in [3.63, 3.8) is 0 Å². The van der Waals surface area contributed by atoms with Crippen LogP contribution in [0.25, 0.3) is 0 Å². The lowest BCUT2D eigenvalue weighted by Crippen LogP contribution is -2.35. The number of hydrogen-bond donors (Lipinski definition) is 2. The molecule has 0 bridgehead atoms. The number of esters is 1. The molecule has 0 amide bonds. The third kappa shape index (κ3) is 5.78. The highest BCUT2D eigenvalue weighted by Crippen LogP contribution is 2.38. The molecule has 2 N–H and O–H groups in total. The van der Waals surface area contributed by atoms with Crippen molar-refractivity contribution in [2.24, 2.45) is 0 Å². The van der Waals surface area contributed by atoms with E-state index in [9.17, 15) is 19.5 Å². The van der Waals surface area contributed by atoms with E-state index in [0.29, 0.717) is 24.5 Å². The Morgan fingerprint density at radius 3 is 2.87 bits per heavy atom. The molecule has 0 spiro atoms. The van der Waals surface area contributed by atoms with Gasteiger partial charge < -0.3 is 24.1 Å². The first-order chi connectivity index (χ1) is 14.5. The summed E-state index contributed by atoms with van der Waals surface area (Å²) in [5, 5.41) is 10.3. The second-order valence-electron chi connectivity index (χ2n) is 8.69. The van der Waals surface area contributed by atoms with Gasteiger partial charge in [-0.05, 0) is 27.0 Å². The monoisotopic (exact) mass is 458 g/mol. The summed E-state index contributed by atoms with van der Waals surface area (Å²) in [5.74, 6) is 0.0871. The van der Waals surface area contributed by atoms with Crippen LogP contribution in [-0.2, 0) is 23.7 Å². The van der Waals surface area contributed by atoms with Crippen molar-refractivity contribution in [2.45, 2.75) is 69.7 Å². The highest BCUT2D eigenvalue weighted by Gasteiger charge is 2.46. The molecule has 1 aromatic rings. The molecule has 3 heterocycles. The first-order valence-electron chi connectivity index (χ1n) is 10.1. The van der Waals surface area contributed by atoms with Crippen LogP contribution in [0.4, 0.5) is 0 Å². The summed E-state index contributed by atoms with van der Waals surface area (Å²) in [6.07, 6.45) is 1.64. The van der Waals surface area contributed by atoms with Crippen molar-refractivity contribution >= 4 is 17.7 Å². The third-order valence-corrected chi connectivity index (χ3v) is 5.94. The van der Waals surface area contributed by atoms with E-state index in [1.54, 1.807) is 18.7 Å². The van der Waals surface area contributed by atoms with Crippen molar-refractivity contribution in [1.29, 1.82) is 0 Å². The van der Waals surface area contributed by atoms with Crippen LogP contribution in [0.1, 0.15) is 44.9 Å². The maximum atomic E-state index is 12.4. The second kappa shape index (κ2) is 9.45. The van der Waals surface area contributed by atoms with Crippen LogP contribution in [0.15, 0.2) is 15.8 Å². The molecule has 2 aliphatic heterocycles. The van der Waals surface area contributed by atoms with E-state index in [1.165, 1.54) is 10.8 Å². The number of aromatic nitrogens is 2. The van der Waals surface area contributed by atoms with Gasteiger partial charge in [-0.1, -0.05) is 0 Å². The maximum Gasteiger partial charge on any atom is 0.330 e. The normalized spacial score (nSPS) is 33.0. The SMILES string of the molecule is CSCO[C@@]1(C)CO[C@@](C)(CC(=O)OC[C@H]2O[C@@H](n3cc(C)c(=O)[nH]c3=O)C[C@@H]2O)C1. The Kier molecular flexibility index (Phi) is 7.32. The number of nitrogens with zero attached hydrogens (tertiary/aromatic N) is 1. The Labute approximate surface area is 184 Å². The average Bonchev–Trinajstić information content (AvgIpc) is 3.21. The van der Waals surface area contributed by atoms with Crippen LogP contribution in [0, 0.1) is 6.92 Å². The molecular weight excluding hydrogens is 428 g/mol. The number of aromatic amines is 1. The molecule has 0 radical (unpaired) electrons. The van der Waals surface area contributed by atoms with Crippen LogP contribution in [0.2, 0.25) is 0 Å². The van der Waals surface area contributed by atoms with Crippen LogP contribution < -0.4 is 11.2 Å². The highest BCUT2D eigenvalue weighted by atomic mass is 32.2. The van der Waals surface area contributed by atoms with E-state index in [-0.39, 0.29) is 19.4 Å². The standard InChI is InChI=1S/C20H30N2O8S/c1-12-7-22(18(26)21-17(12)25)15-5-13(23)14(30-15)8-27-16(24)6-19(2)9-20(3,10-28-19)29-11-31-4/h7,13-15,23H,5-6,8-11H2,1-4H3,(H,21,25,26)/t13-,14+,15+,19-,20+/m0/s1. The minimum Gasteiger partial charge on any atom is -0.463 e. The van der Waals surface area contributed by atoms with Crippen LogP contribution in [0.5, 0.6) is 0 Å². The van der Waals surface area contributed by atoms with E-state index in [4.69, 9.17) is 18.9 Å². The van der Waals surface area contributed by atoms with Gasteiger partial charge in [0.05, 0.1) is 36.3 Å².